The largest absolute Gasteiger partial charge is 0.487 e. The van der Waals surface area contributed by atoms with Gasteiger partial charge >= 0.3 is 5.97 Å². The lowest BCUT2D eigenvalue weighted by Crippen LogP contribution is -2.32. The average molecular weight is 502 g/mol. The first-order chi connectivity index (χ1) is 17.8. The summed E-state index contributed by atoms with van der Waals surface area (Å²) in [5.74, 6) is -0.203. The Morgan fingerprint density at radius 3 is 2.86 bits per heavy atom. The van der Waals surface area contributed by atoms with Crippen molar-refractivity contribution in [2.45, 2.75) is 58.7 Å². The number of aliphatic carboxylic acids is 1. The van der Waals surface area contributed by atoms with Gasteiger partial charge in [-0.25, -0.2) is 0 Å². The highest BCUT2D eigenvalue weighted by Crippen LogP contribution is 2.40. The Morgan fingerprint density at radius 1 is 1.24 bits per heavy atom. The number of benzene rings is 2. The van der Waals surface area contributed by atoms with Crippen LogP contribution in [0.4, 0.5) is 11.4 Å². The number of aromatic nitrogens is 1. The summed E-state index contributed by atoms with van der Waals surface area (Å²) in [6, 6.07) is 14.4. The van der Waals surface area contributed by atoms with Crippen LogP contribution in [0.25, 0.3) is 0 Å². The third-order valence-electron chi connectivity index (χ3n) is 7.55. The minimum absolute atomic E-state index is 0.0259. The molecule has 1 unspecified atom stereocenters. The van der Waals surface area contributed by atoms with Gasteiger partial charge in [0.05, 0.1) is 23.5 Å². The molecule has 0 aliphatic carbocycles. The lowest BCUT2D eigenvalue weighted by Gasteiger charge is -2.25. The van der Waals surface area contributed by atoms with Gasteiger partial charge in [-0.05, 0) is 66.3 Å². The van der Waals surface area contributed by atoms with Gasteiger partial charge in [0.1, 0.15) is 11.9 Å². The quantitative estimate of drug-likeness (QED) is 0.427. The number of rotatable bonds is 7. The standard InChI is InChI=1S/C29H35N5O3/c1-5-22-16-34(17-25-27(37-22)7-6-12-30-25)15-21-13-20(9-8-18(21)2)24(14-28(35)36)23-10-11-26-29(19(23)3)31-32-33(26)4/h6-13,22,24,31-32H,5,14-17H2,1-4H3,(H,35,36)/t22-,24?/m1/s1. The highest BCUT2D eigenvalue weighted by Gasteiger charge is 2.27. The van der Waals surface area contributed by atoms with Gasteiger partial charge < -0.3 is 15.3 Å². The van der Waals surface area contributed by atoms with Crippen LogP contribution in [0.15, 0.2) is 48.7 Å². The molecule has 0 bridgehead atoms. The predicted octanol–water partition coefficient (Wildman–Crippen LogP) is 4.76. The van der Waals surface area contributed by atoms with Crippen LogP contribution >= 0.6 is 0 Å². The van der Waals surface area contributed by atoms with Crippen molar-refractivity contribution < 1.29 is 14.6 Å². The van der Waals surface area contributed by atoms with E-state index in [1.54, 1.807) is 0 Å². The second-order valence-electron chi connectivity index (χ2n) is 10.1. The number of ether oxygens (including phenoxy) is 1. The number of aryl methyl sites for hydroxylation is 1. The Balaban J connectivity index is 1.48. The Bertz CT molecular complexity index is 1310. The molecule has 0 spiro atoms. The lowest BCUT2D eigenvalue weighted by molar-refractivity contribution is -0.137. The van der Waals surface area contributed by atoms with Crippen LogP contribution in [0.2, 0.25) is 0 Å². The van der Waals surface area contributed by atoms with Crippen molar-refractivity contribution in [1.82, 2.24) is 15.4 Å². The smallest absolute Gasteiger partial charge is 0.304 e. The number of carboxylic acid groups (broad SMARTS) is 1. The molecule has 194 valence electrons. The van der Waals surface area contributed by atoms with E-state index in [0.29, 0.717) is 6.54 Å². The van der Waals surface area contributed by atoms with E-state index >= 15 is 0 Å². The van der Waals surface area contributed by atoms with Gasteiger partial charge in [-0.3, -0.25) is 19.7 Å². The molecule has 3 aromatic rings. The molecule has 0 saturated heterocycles. The molecule has 3 heterocycles. The van der Waals surface area contributed by atoms with Crippen LogP contribution in [-0.2, 0) is 17.9 Å². The fourth-order valence-electron chi connectivity index (χ4n) is 5.39. The number of carbonyl (C=O) groups is 1. The number of hydrazine groups is 2. The maximum Gasteiger partial charge on any atom is 0.304 e. The molecule has 8 heteroatoms. The third-order valence-corrected chi connectivity index (χ3v) is 7.55. The van der Waals surface area contributed by atoms with Gasteiger partial charge in [0.2, 0.25) is 0 Å². The van der Waals surface area contributed by atoms with Crippen molar-refractivity contribution >= 4 is 17.3 Å². The zero-order valence-electron chi connectivity index (χ0n) is 21.9. The van der Waals surface area contributed by atoms with Crippen LogP contribution in [0, 0.1) is 13.8 Å². The molecular formula is C29H35N5O3. The van der Waals surface area contributed by atoms with Crippen molar-refractivity contribution in [3.8, 4) is 5.75 Å². The molecule has 3 N–H and O–H groups in total. The number of nitrogens with one attached hydrogen (secondary N) is 2. The van der Waals surface area contributed by atoms with Crippen LogP contribution in [0.1, 0.15) is 59.2 Å². The van der Waals surface area contributed by atoms with Gasteiger partial charge in [0.15, 0.2) is 0 Å². The average Bonchev–Trinajstić information content (AvgIpc) is 3.16. The maximum atomic E-state index is 12.0. The monoisotopic (exact) mass is 501 g/mol. The van der Waals surface area contributed by atoms with Crippen molar-refractivity contribution in [2.24, 2.45) is 0 Å². The first-order valence-corrected chi connectivity index (χ1v) is 12.9. The van der Waals surface area contributed by atoms with Gasteiger partial charge in [-0.2, -0.15) is 0 Å². The number of pyridine rings is 1. The number of hydrogen-bond donors (Lipinski definition) is 3. The zero-order valence-corrected chi connectivity index (χ0v) is 21.9. The topological polar surface area (TPSA) is 90.0 Å². The minimum Gasteiger partial charge on any atom is -0.487 e. The first kappa shape index (κ1) is 25.0. The first-order valence-electron chi connectivity index (χ1n) is 12.9. The summed E-state index contributed by atoms with van der Waals surface area (Å²) < 4.78 is 6.24. The highest BCUT2D eigenvalue weighted by atomic mass is 16.5. The summed E-state index contributed by atoms with van der Waals surface area (Å²) in [6.07, 6.45) is 2.86. The molecule has 8 nitrogen and oxygen atoms in total. The fraction of sp³-hybridized carbons (Fsp3) is 0.379. The molecular weight excluding hydrogens is 466 g/mol. The van der Waals surface area contributed by atoms with Crippen LogP contribution in [-0.4, -0.2) is 40.7 Å². The second kappa shape index (κ2) is 10.4. The van der Waals surface area contributed by atoms with Gasteiger partial charge in [0, 0.05) is 38.8 Å². The normalized spacial score (nSPS) is 17.8. The van der Waals surface area contributed by atoms with Crippen LogP contribution in [0.5, 0.6) is 5.75 Å². The lowest BCUT2D eigenvalue weighted by atomic mass is 9.84. The Morgan fingerprint density at radius 2 is 2.08 bits per heavy atom. The maximum absolute atomic E-state index is 12.0. The van der Waals surface area contributed by atoms with E-state index in [1.807, 2.05) is 36.5 Å². The number of fused-ring (bicyclic) bond motifs is 2. The molecule has 0 fully saturated rings. The van der Waals surface area contributed by atoms with E-state index in [9.17, 15) is 9.90 Å². The summed E-state index contributed by atoms with van der Waals surface area (Å²) in [5.41, 5.74) is 14.8. The third kappa shape index (κ3) is 5.12. The summed E-state index contributed by atoms with van der Waals surface area (Å²) in [6.45, 7) is 8.59. The summed E-state index contributed by atoms with van der Waals surface area (Å²) in [4.78, 5) is 18.9. The molecule has 2 aromatic carbocycles. The van der Waals surface area contributed by atoms with E-state index < -0.39 is 5.97 Å². The molecule has 0 amide bonds. The van der Waals surface area contributed by atoms with Gasteiger partial charge in [0.25, 0.3) is 0 Å². The van der Waals surface area contributed by atoms with E-state index in [4.69, 9.17) is 4.74 Å². The van der Waals surface area contributed by atoms with Gasteiger partial charge in [-0.1, -0.05) is 31.2 Å². The SMILES string of the molecule is CC[C@@H]1CN(Cc2cc(C(CC(=O)O)c3ccc4c(c3C)NNN4C)ccc2C)Cc2ncccc2O1. The van der Waals surface area contributed by atoms with Crippen molar-refractivity contribution in [2.75, 3.05) is 24.0 Å². The van der Waals surface area contributed by atoms with E-state index in [0.717, 1.165) is 59.0 Å². The number of hydrogen-bond acceptors (Lipinski definition) is 7. The Hall–Kier alpha value is -3.62. The summed E-state index contributed by atoms with van der Waals surface area (Å²) in [7, 11) is 1.95. The second-order valence-corrected chi connectivity index (χ2v) is 10.1. The molecule has 0 radical (unpaired) electrons. The zero-order chi connectivity index (χ0) is 26.1. The summed E-state index contributed by atoms with van der Waals surface area (Å²) >= 11 is 0. The summed E-state index contributed by atoms with van der Waals surface area (Å²) in [5, 5.41) is 11.8. The van der Waals surface area contributed by atoms with E-state index in [1.165, 1.54) is 11.1 Å². The molecule has 0 saturated carbocycles. The van der Waals surface area contributed by atoms with Crippen LogP contribution in [0.3, 0.4) is 0 Å². The van der Waals surface area contributed by atoms with E-state index in [-0.39, 0.29) is 18.4 Å². The molecule has 2 aliphatic rings. The van der Waals surface area contributed by atoms with Crippen molar-refractivity contribution in [3.05, 3.63) is 82.2 Å². The van der Waals surface area contributed by atoms with Crippen molar-refractivity contribution in [3.63, 3.8) is 0 Å². The van der Waals surface area contributed by atoms with Crippen molar-refractivity contribution in [1.29, 1.82) is 0 Å². The van der Waals surface area contributed by atoms with Crippen LogP contribution < -0.4 is 20.7 Å². The predicted molar refractivity (Wildman–Crippen MR) is 145 cm³/mol. The fourth-order valence-corrected chi connectivity index (χ4v) is 5.39. The molecule has 37 heavy (non-hydrogen) atoms. The molecule has 1 aromatic heterocycles. The number of carboxylic acids is 1. The minimum atomic E-state index is -0.812. The number of anilines is 2. The Kier molecular flexibility index (Phi) is 7.04. The highest BCUT2D eigenvalue weighted by molar-refractivity contribution is 5.78. The Labute approximate surface area is 218 Å². The van der Waals surface area contributed by atoms with Gasteiger partial charge in [-0.15, -0.1) is 5.53 Å². The molecule has 2 aliphatic heterocycles. The van der Waals surface area contributed by atoms with E-state index in [2.05, 4.69) is 65.9 Å². The molecule has 2 atom stereocenters. The molecule has 5 rings (SSSR count). The number of nitrogens with zero attached hydrogens (tertiary/aromatic N) is 3.